The summed E-state index contributed by atoms with van der Waals surface area (Å²) < 4.78 is 0. The SMILES string of the molecule is NC(CC(=O)Nc1ccc2c(c1)Cc1ccccc1-2)C(=O)O. The Balaban J connectivity index is 1.75. The summed E-state index contributed by atoms with van der Waals surface area (Å²) in [5.41, 5.74) is 10.8. The number of nitrogens with two attached hydrogens (primary N) is 1. The second-order valence-electron chi connectivity index (χ2n) is 5.40. The van der Waals surface area contributed by atoms with Crippen molar-refractivity contribution in [2.24, 2.45) is 5.73 Å². The molecule has 112 valence electrons. The van der Waals surface area contributed by atoms with Crippen LogP contribution in [0.15, 0.2) is 42.5 Å². The minimum Gasteiger partial charge on any atom is -0.480 e. The van der Waals surface area contributed by atoms with E-state index in [2.05, 4.69) is 17.4 Å². The Morgan fingerprint density at radius 3 is 2.64 bits per heavy atom. The fraction of sp³-hybridized carbons (Fsp3) is 0.176. The number of rotatable bonds is 4. The molecule has 3 rings (SSSR count). The Kier molecular flexibility index (Phi) is 3.65. The van der Waals surface area contributed by atoms with Gasteiger partial charge in [0.1, 0.15) is 6.04 Å². The van der Waals surface area contributed by atoms with Gasteiger partial charge in [-0.15, -0.1) is 0 Å². The van der Waals surface area contributed by atoms with Crippen LogP contribution < -0.4 is 11.1 Å². The molecule has 1 unspecified atom stereocenters. The Labute approximate surface area is 127 Å². The van der Waals surface area contributed by atoms with Crippen LogP contribution in [0.3, 0.4) is 0 Å². The lowest BCUT2D eigenvalue weighted by molar-refractivity contribution is -0.140. The third-order valence-electron chi connectivity index (χ3n) is 3.80. The van der Waals surface area contributed by atoms with E-state index < -0.39 is 17.9 Å². The molecule has 1 atom stereocenters. The number of carbonyl (C=O) groups excluding carboxylic acids is 1. The maximum atomic E-state index is 11.8. The van der Waals surface area contributed by atoms with E-state index in [4.69, 9.17) is 10.8 Å². The van der Waals surface area contributed by atoms with E-state index in [0.717, 1.165) is 12.0 Å². The van der Waals surface area contributed by atoms with Crippen LogP contribution in [0.1, 0.15) is 17.5 Å². The van der Waals surface area contributed by atoms with Crippen molar-refractivity contribution in [3.63, 3.8) is 0 Å². The zero-order chi connectivity index (χ0) is 15.7. The molecule has 0 saturated heterocycles. The number of fused-ring (bicyclic) bond motifs is 3. The largest absolute Gasteiger partial charge is 0.480 e. The zero-order valence-corrected chi connectivity index (χ0v) is 11.9. The highest BCUT2D eigenvalue weighted by Gasteiger charge is 2.19. The quantitative estimate of drug-likeness (QED) is 0.686. The van der Waals surface area contributed by atoms with Crippen molar-refractivity contribution in [2.45, 2.75) is 18.9 Å². The number of amides is 1. The van der Waals surface area contributed by atoms with Crippen LogP contribution in [-0.2, 0) is 16.0 Å². The minimum atomic E-state index is -1.18. The molecule has 1 aliphatic rings. The van der Waals surface area contributed by atoms with Crippen LogP contribution in [0.5, 0.6) is 0 Å². The van der Waals surface area contributed by atoms with Gasteiger partial charge in [0.2, 0.25) is 5.91 Å². The van der Waals surface area contributed by atoms with E-state index in [9.17, 15) is 9.59 Å². The first-order chi connectivity index (χ1) is 10.5. The molecule has 22 heavy (non-hydrogen) atoms. The van der Waals surface area contributed by atoms with Crippen molar-refractivity contribution in [2.75, 3.05) is 5.32 Å². The summed E-state index contributed by atoms with van der Waals surface area (Å²) in [4.78, 5) is 22.5. The van der Waals surface area contributed by atoms with Crippen molar-refractivity contribution in [3.8, 4) is 11.1 Å². The Bertz CT molecular complexity index is 755. The topological polar surface area (TPSA) is 92.4 Å². The van der Waals surface area contributed by atoms with E-state index in [-0.39, 0.29) is 6.42 Å². The second kappa shape index (κ2) is 5.61. The lowest BCUT2D eigenvalue weighted by atomic mass is 10.1. The first-order valence-corrected chi connectivity index (χ1v) is 7.04. The van der Waals surface area contributed by atoms with Crippen LogP contribution >= 0.6 is 0 Å². The van der Waals surface area contributed by atoms with Gasteiger partial charge in [-0.3, -0.25) is 9.59 Å². The molecule has 0 heterocycles. The molecule has 0 aromatic heterocycles. The minimum absolute atomic E-state index is 0.243. The number of carboxylic acid groups (broad SMARTS) is 1. The number of carboxylic acids is 1. The lowest BCUT2D eigenvalue weighted by Crippen LogP contribution is -2.34. The Morgan fingerprint density at radius 2 is 1.86 bits per heavy atom. The van der Waals surface area contributed by atoms with Gasteiger partial charge in [0.25, 0.3) is 0 Å². The zero-order valence-electron chi connectivity index (χ0n) is 11.9. The number of aliphatic carboxylic acids is 1. The third kappa shape index (κ3) is 2.71. The maximum absolute atomic E-state index is 11.8. The molecular formula is C17H16N2O3. The van der Waals surface area contributed by atoms with Crippen LogP contribution in [-0.4, -0.2) is 23.0 Å². The lowest BCUT2D eigenvalue weighted by Gasteiger charge is -2.09. The Hall–Kier alpha value is -2.66. The standard InChI is InChI=1S/C17H16N2O3/c18-15(17(21)22)9-16(20)19-12-5-6-14-11(8-12)7-10-3-1-2-4-13(10)14/h1-6,8,15H,7,9,18H2,(H,19,20)(H,21,22). The first-order valence-electron chi connectivity index (χ1n) is 7.04. The molecule has 1 aliphatic carbocycles. The first kappa shape index (κ1) is 14.3. The summed E-state index contributed by atoms with van der Waals surface area (Å²) in [6.07, 6.45) is 0.594. The number of anilines is 1. The molecule has 0 saturated carbocycles. The number of carbonyl (C=O) groups is 2. The molecule has 5 heteroatoms. The average Bonchev–Trinajstić information content (AvgIpc) is 2.84. The van der Waals surface area contributed by atoms with Gasteiger partial charge in [0, 0.05) is 5.69 Å². The van der Waals surface area contributed by atoms with E-state index in [1.807, 2.05) is 30.3 Å². The van der Waals surface area contributed by atoms with E-state index in [1.165, 1.54) is 16.7 Å². The van der Waals surface area contributed by atoms with Gasteiger partial charge in [-0.25, -0.2) is 0 Å². The summed E-state index contributed by atoms with van der Waals surface area (Å²) in [5, 5.41) is 11.4. The highest BCUT2D eigenvalue weighted by Crippen LogP contribution is 2.37. The van der Waals surface area contributed by atoms with Gasteiger partial charge in [-0.05, 0) is 40.8 Å². The molecule has 0 fully saturated rings. The van der Waals surface area contributed by atoms with E-state index in [0.29, 0.717) is 5.69 Å². The average molecular weight is 296 g/mol. The van der Waals surface area contributed by atoms with E-state index >= 15 is 0 Å². The van der Waals surface area contributed by atoms with Gasteiger partial charge in [0.15, 0.2) is 0 Å². The summed E-state index contributed by atoms with van der Waals surface area (Å²) in [7, 11) is 0. The number of nitrogens with one attached hydrogen (secondary N) is 1. The summed E-state index contributed by atoms with van der Waals surface area (Å²) in [5.74, 6) is -1.58. The van der Waals surface area contributed by atoms with Gasteiger partial charge in [-0.2, -0.15) is 0 Å². The molecular weight excluding hydrogens is 280 g/mol. The number of hydrogen-bond acceptors (Lipinski definition) is 3. The van der Waals surface area contributed by atoms with E-state index in [1.54, 1.807) is 0 Å². The molecule has 4 N–H and O–H groups in total. The molecule has 0 aliphatic heterocycles. The van der Waals surface area contributed by atoms with Crippen molar-refractivity contribution < 1.29 is 14.7 Å². The van der Waals surface area contributed by atoms with Crippen molar-refractivity contribution in [1.29, 1.82) is 0 Å². The molecule has 1 amide bonds. The van der Waals surface area contributed by atoms with Crippen LogP contribution in [0.25, 0.3) is 11.1 Å². The predicted molar refractivity (Wildman–Crippen MR) is 83.5 cm³/mol. The fourth-order valence-electron chi connectivity index (χ4n) is 2.72. The summed E-state index contributed by atoms with van der Waals surface area (Å²) in [6.45, 7) is 0. The number of benzene rings is 2. The normalized spacial score (nSPS) is 13.1. The van der Waals surface area contributed by atoms with Crippen LogP contribution in [0.4, 0.5) is 5.69 Å². The fourth-order valence-corrected chi connectivity index (χ4v) is 2.72. The molecule has 2 aromatic carbocycles. The number of hydrogen-bond donors (Lipinski definition) is 3. The highest BCUT2D eigenvalue weighted by molar-refractivity contribution is 5.94. The monoisotopic (exact) mass is 296 g/mol. The van der Waals surface area contributed by atoms with Gasteiger partial charge >= 0.3 is 5.97 Å². The van der Waals surface area contributed by atoms with Crippen molar-refractivity contribution in [1.82, 2.24) is 0 Å². The van der Waals surface area contributed by atoms with Gasteiger partial charge in [-0.1, -0.05) is 30.3 Å². The van der Waals surface area contributed by atoms with Crippen LogP contribution in [0, 0.1) is 0 Å². The molecule has 0 radical (unpaired) electrons. The smallest absolute Gasteiger partial charge is 0.321 e. The Morgan fingerprint density at radius 1 is 1.14 bits per heavy atom. The maximum Gasteiger partial charge on any atom is 0.321 e. The van der Waals surface area contributed by atoms with Crippen molar-refractivity contribution >= 4 is 17.6 Å². The van der Waals surface area contributed by atoms with Gasteiger partial charge in [0.05, 0.1) is 6.42 Å². The second-order valence-corrected chi connectivity index (χ2v) is 5.40. The van der Waals surface area contributed by atoms with Gasteiger partial charge < -0.3 is 16.2 Å². The summed E-state index contributed by atoms with van der Waals surface area (Å²) >= 11 is 0. The molecule has 0 bridgehead atoms. The van der Waals surface area contributed by atoms with Crippen LogP contribution in [0.2, 0.25) is 0 Å². The molecule has 2 aromatic rings. The van der Waals surface area contributed by atoms with Crippen molar-refractivity contribution in [3.05, 3.63) is 53.6 Å². The third-order valence-corrected chi connectivity index (χ3v) is 3.80. The summed E-state index contributed by atoms with van der Waals surface area (Å²) in [6, 6.07) is 12.8. The molecule has 0 spiro atoms. The highest BCUT2D eigenvalue weighted by atomic mass is 16.4. The molecule has 5 nitrogen and oxygen atoms in total. The predicted octanol–water partition coefficient (Wildman–Crippen LogP) is 2.00.